The van der Waals surface area contributed by atoms with Gasteiger partial charge in [-0.3, -0.25) is 0 Å². The molecule has 2 atom stereocenters. The third-order valence-corrected chi connectivity index (χ3v) is 6.14. The number of hydrogen-bond donors (Lipinski definition) is 0. The van der Waals surface area contributed by atoms with E-state index in [2.05, 4.69) is 15.0 Å². The standard InChI is InChI=1S/C25H23F2N5O2/c1-13-14(2)30-24-22(29-13)21(17-7-6-16(26)12-19(17)27)31-23(32-24)15-8-10-34-20(11-15)18-5-4-9-28-25(18)33-3/h4-7,9,12,15,20H,8,10-11H2,1-3H3. The number of ether oxygens (including phenoxy) is 2. The number of aryl methyl sites for hydroxylation is 2. The Morgan fingerprint density at radius 3 is 2.65 bits per heavy atom. The van der Waals surface area contributed by atoms with Crippen LogP contribution in [0.1, 0.15) is 47.6 Å². The highest BCUT2D eigenvalue weighted by Crippen LogP contribution is 2.40. The quantitative estimate of drug-likeness (QED) is 0.420. The maximum atomic E-state index is 14.8. The predicted octanol–water partition coefficient (Wildman–Crippen LogP) is 5.02. The molecule has 1 aromatic carbocycles. The van der Waals surface area contributed by atoms with Gasteiger partial charge in [0.15, 0.2) is 5.65 Å². The summed E-state index contributed by atoms with van der Waals surface area (Å²) >= 11 is 0. The molecule has 4 heterocycles. The highest BCUT2D eigenvalue weighted by Gasteiger charge is 2.30. The van der Waals surface area contributed by atoms with E-state index < -0.39 is 11.6 Å². The smallest absolute Gasteiger partial charge is 0.218 e. The molecular weight excluding hydrogens is 440 g/mol. The van der Waals surface area contributed by atoms with Crippen LogP contribution in [0.3, 0.4) is 0 Å². The van der Waals surface area contributed by atoms with Crippen molar-refractivity contribution in [3.05, 3.63) is 70.9 Å². The molecule has 5 rings (SSSR count). The summed E-state index contributed by atoms with van der Waals surface area (Å²) in [7, 11) is 1.57. The van der Waals surface area contributed by atoms with Crippen LogP contribution in [0.4, 0.5) is 8.78 Å². The molecule has 0 bridgehead atoms. The molecule has 3 aromatic heterocycles. The molecule has 1 fully saturated rings. The number of aromatic nitrogens is 5. The molecular formula is C25H23F2N5O2. The summed E-state index contributed by atoms with van der Waals surface area (Å²) in [6, 6.07) is 7.20. The van der Waals surface area contributed by atoms with Gasteiger partial charge in [0.25, 0.3) is 0 Å². The summed E-state index contributed by atoms with van der Waals surface area (Å²) in [6.07, 6.45) is 2.70. The molecule has 0 aliphatic carbocycles. The van der Waals surface area contributed by atoms with Crippen molar-refractivity contribution >= 4 is 11.2 Å². The third-order valence-electron chi connectivity index (χ3n) is 6.14. The van der Waals surface area contributed by atoms with Gasteiger partial charge in [0.05, 0.1) is 24.6 Å². The van der Waals surface area contributed by atoms with Crippen molar-refractivity contribution in [2.75, 3.05) is 13.7 Å². The van der Waals surface area contributed by atoms with Gasteiger partial charge in [0.2, 0.25) is 5.88 Å². The number of rotatable bonds is 4. The van der Waals surface area contributed by atoms with Crippen LogP contribution >= 0.6 is 0 Å². The second-order valence-corrected chi connectivity index (χ2v) is 8.30. The SMILES string of the molecule is COc1ncccc1C1CC(c2nc(-c3ccc(F)cc3F)c3nc(C)c(C)nc3n2)CCO1. The summed E-state index contributed by atoms with van der Waals surface area (Å²) in [5.74, 6) is -0.399. The number of nitrogens with zero attached hydrogens (tertiary/aromatic N) is 5. The van der Waals surface area contributed by atoms with Gasteiger partial charge in [-0.15, -0.1) is 0 Å². The zero-order valence-electron chi connectivity index (χ0n) is 19.0. The monoisotopic (exact) mass is 463 g/mol. The average Bonchev–Trinajstić information content (AvgIpc) is 2.84. The molecule has 174 valence electrons. The van der Waals surface area contributed by atoms with E-state index in [9.17, 15) is 8.78 Å². The fourth-order valence-corrected chi connectivity index (χ4v) is 4.25. The summed E-state index contributed by atoms with van der Waals surface area (Å²) < 4.78 is 39.8. The second-order valence-electron chi connectivity index (χ2n) is 8.30. The van der Waals surface area contributed by atoms with Crippen molar-refractivity contribution in [1.82, 2.24) is 24.9 Å². The van der Waals surface area contributed by atoms with E-state index in [1.807, 2.05) is 26.0 Å². The van der Waals surface area contributed by atoms with E-state index in [0.29, 0.717) is 53.7 Å². The number of fused-ring (bicyclic) bond motifs is 1. The van der Waals surface area contributed by atoms with Crippen LogP contribution in [0.15, 0.2) is 36.5 Å². The Labute approximate surface area is 195 Å². The molecule has 0 saturated carbocycles. The fourth-order valence-electron chi connectivity index (χ4n) is 4.25. The van der Waals surface area contributed by atoms with Crippen molar-refractivity contribution in [3.8, 4) is 17.1 Å². The molecule has 7 nitrogen and oxygen atoms in total. The van der Waals surface area contributed by atoms with Crippen molar-refractivity contribution in [3.63, 3.8) is 0 Å². The lowest BCUT2D eigenvalue weighted by Gasteiger charge is -2.29. The normalized spacial score (nSPS) is 18.3. The first kappa shape index (κ1) is 22.2. The summed E-state index contributed by atoms with van der Waals surface area (Å²) in [5, 5.41) is 0. The van der Waals surface area contributed by atoms with E-state index >= 15 is 0 Å². The summed E-state index contributed by atoms with van der Waals surface area (Å²) in [6.45, 7) is 4.17. The number of halogens is 2. The minimum Gasteiger partial charge on any atom is -0.481 e. The topological polar surface area (TPSA) is 82.9 Å². The van der Waals surface area contributed by atoms with E-state index in [1.54, 1.807) is 13.3 Å². The van der Waals surface area contributed by atoms with Gasteiger partial charge < -0.3 is 9.47 Å². The van der Waals surface area contributed by atoms with Crippen molar-refractivity contribution in [2.24, 2.45) is 0 Å². The molecule has 34 heavy (non-hydrogen) atoms. The Kier molecular flexibility index (Phi) is 5.87. The van der Waals surface area contributed by atoms with E-state index in [1.165, 1.54) is 12.1 Å². The molecule has 2 unspecified atom stereocenters. The first-order valence-corrected chi connectivity index (χ1v) is 11.0. The van der Waals surface area contributed by atoms with Gasteiger partial charge in [-0.05, 0) is 51.0 Å². The zero-order valence-corrected chi connectivity index (χ0v) is 19.0. The minimum atomic E-state index is -0.712. The van der Waals surface area contributed by atoms with Crippen molar-refractivity contribution < 1.29 is 18.3 Å². The van der Waals surface area contributed by atoms with Gasteiger partial charge in [-0.25, -0.2) is 33.7 Å². The van der Waals surface area contributed by atoms with Crippen LogP contribution in [0.2, 0.25) is 0 Å². The Hall–Kier alpha value is -3.59. The molecule has 0 amide bonds. The second kappa shape index (κ2) is 8.98. The van der Waals surface area contributed by atoms with Crippen LogP contribution in [0.25, 0.3) is 22.4 Å². The van der Waals surface area contributed by atoms with E-state index in [4.69, 9.17) is 19.4 Å². The lowest BCUT2D eigenvalue weighted by molar-refractivity contribution is 0.00243. The van der Waals surface area contributed by atoms with Gasteiger partial charge in [-0.1, -0.05) is 0 Å². The van der Waals surface area contributed by atoms with Crippen LogP contribution in [-0.4, -0.2) is 38.6 Å². The summed E-state index contributed by atoms with van der Waals surface area (Å²) in [5.41, 5.74) is 3.51. The first-order valence-electron chi connectivity index (χ1n) is 11.0. The first-order chi connectivity index (χ1) is 16.4. The highest BCUT2D eigenvalue weighted by molar-refractivity contribution is 5.87. The summed E-state index contributed by atoms with van der Waals surface area (Å²) in [4.78, 5) is 22.9. The van der Waals surface area contributed by atoms with E-state index in [0.717, 1.165) is 17.3 Å². The average molecular weight is 463 g/mol. The lowest BCUT2D eigenvalue weighted by Crippen LogP contribution is -2.21. The van der Waals surface area contributed by atoms with Crippen LogP contribution < -0.4 is 4.74 Å². The maximum absolute atomic E-state index is 14.8. The van der Waals surface area contributed by atoms with Gasteiger partial charge in [-0.2, -0.15) is 0 Å². The molecule has 0 N–H and O–H groups in total. The molecule has 1 saturated heterocycles. The van der Waals surface area contributed by atoms with Gasteiger partial charge in [0.1, 0.15) is 28.7 Å². The van der Waals surface area contributed by atoms with Crippen LogP contribution in [0.5, 0.6) is 5.88 Å². The predicted molar refractivity (Wildman–Crippen MR) is 121 cm³/mol. The Bertz CT molecular complexity index is 1380. The molecule has 0 spiro atoms. The number of pyridine rings is 1. The van der Waals surface area contributed by atoms with Crippen molar-refractivity contribution in [1.29, 1.82) is 0 Å². The number of benzene rings is 1. The maximum Gasteiger partial charge on any atom is 0.218 e. The largest absolute Gasteiger partial charge is 0.481 e. The third kappa shape index (κ3) is 4.07. The Balaban J connectivity index is 1.61. The van der Waals surface area contributed by atoms with E-state index in [-0.39, 0.29) is 17.6 Å². The van der Waals surface area contributed by atoms with Crippen LogP contribution in [0, 0.1) is 25.5 Å². The van der Waals surface area contributed by atoms with Crippen LogP contribution in [-0.2, 0) is 4.74 Å². The molecule has 1 aliphatic rings. The molecule has 0 radical (unpaired) electrons. The number of hydrogen-bond acceptors (Lipinski definition) is 7. The Morgan fingerprint density at radius 2 is 1.85 bits per heavy atom. The molecule has 4 aromatic rings. The lowest BCUT2D eigenvalue weighted by atomic mass is 9.91. The number of methoxy groups -OCH3 is 1. The van der Waals surface area contributed by atoms with Gasteiger partial charge >= 0.3 is 0 Å². The van der Waals surface area contributed by atoms with Gasteiger partial charge in [0, 0.05) is 35.9 Å². The minimum absolute atomic E-state index is 0.0706. The Morgan fingerprint density at radius 1 is 1.03 bits per heavy atom. The molecule has 1 aliphatic heterocycles. The van der Waals surface area contributed by atoms with Crippen molar-refractivity contribution in [2.45, 2.75) is 38.7 Å². The fraction of sp³-hybridized carbons (Fsp3) is 0.320. The highest BCUT2D eigenvalue weighted by atomic mass is 19.1. The zero-order chi connectivity index (χ0) is 23.8. The molecule has 9 heteroatoms.